The minimum absolute atomic E-state index is 0.648. The predicted octanol–water partition coefficient (Wildman–Crippen LogP) is 8.45. The number of halogens is 1. The largest absolute Gasteiger partial charge is 0.122 e. The van der Waals surface area contributed by atoms with Crippen LogP contribution in [0.25, 0.3) is 0 Å². The van der Waals surface area contributed by atoms with Crippen molar-refractivity contribution in [3.63, 3.8) is 0 Å². The zero-order chi connectivity index (χ0) is 17.3. The lowest BCUT2D eigenvalue weighted by atomic mass is 10.0. The minimum Gasteiger partial charge on any atom is -0.122 e. The average molecular weight is 351 g/mol. The van der Waals surface area contributed by atoms with Crippen LogP contribution in [-0.2, 0) is 12.3 Å². The number of benzene rings is 1. The molecule has 0 aliphatic rings. The van der Waals surface area contributed by atoms with Crippen LogP contribution in [0.2, 0.25) is 0 Å². The van der Waals surface area contributed by atoms with E-state index in [2.05, 4.69) is 31.2 Å². The topological polar surface area (TPSA) is 0 Å². The third kappa shape index (κ3) is 11.1. The number of alkyl halides is 1. The molecule has 0 aliphatic heterocycles. The number of rotatable bonds is 16. The Kier molecular flexibility index (Phi) is 14.4. The molecular weight excluding hydrogens is 312 g/mol. The fourth-order valence-electron chi connectivity index (χ4n) is 3.44. The van der Waals surface area contributed by atoms with Crippen molar-refractivity contribution in [3.05, 3.63) is 35.4 Å². The second-order valence-electron chi connectivity index (χ2n) is 7.25. The minimum atomic E-state index is 0.648. The van der Waals surface area contributed by atoms with E-state index in [9.17, 15) is 0 Å². The Bertz CT molecular complexity index is 385. The van der Waals surface area contributed by atoms with Gasteiger partial charge >= 0.3 is 0 Å². The monoisotopic (exact) mass is 350 g/mol. The van der Waals surface area contributed by atoms with Gasteiger partial charge in [-0.05, 0) is 24.0 Å². The Labute approximate surface area is 156 Å². The van der Waals surface area contributed by atoms with Crippen LogP contribution in [0.3, 0.4) is 0 Å². The zero-order valence-corrected chi connectivity index (χ0v) is 16.8. The molecule has 0 atom stereocenters. The van der Waals surface area contributed by atoms with Crippen molar-refractivity contribution in [1.82, 2.24) is 0 Å². The van der Waals surface area contributed by atoms with Crippen molar-refractivity contribution < 1.29 is 0 Å². The van der Waals surface area contributed by atoms with E-state index in [0.717, 1.165) is 0 Å². The lowest BCUT2D eigenvalue weighted by Crippen LogP contribution is -1.92. The van der Waals surface area contributed by atoms with Crippen LogP contribution in [0.1, 0.15) is 108 Å². The highest BCUT2D eigenvalue weighted by Gasteiger charge is 2.00. The molecule has 1 aromatic rings. The first-order valence-corrected chi connectivity index (χ1v) is 11.0. The predicted molar refractivity (Wildman–Crippen MR) is 110 cm³/mol. The second kappa shape index (κ2) is 16.0. The molecule has 138 valence electrons. The van der Waals surface area contributed by atoms with Gasteiger partial charge in [0.15, 0.2) is 0 Å². The van der Waals surface area contributed by atoms with E-state index in [4.69, 9.17) is 11.6 Å². The summed E-state index contributed by atoms with van der Waals surface area (Å²) >= 11 is 6.00. The van der Waals surface area contributed by atoms with Crippen molar-refractivity contribution in [1.29, 1.82) is 0 Å². The van der Waals surface area contributed by atoms with Gasteiger partial charge in [-0.1, -0.05) is 115 Å². The summed E-state index contributed by atoms with van der Waals surface area (Å²) in [5.41, 5.74) is 2.76. The average Bonchev–Trinajstić information content (AvgIpc) is 2.62. The van der Waals surface area contributed by atoms with Crippen LogP contribution in [-0.4, -0.2) is 0 Å². The van der Waals surface area contributed by atoms with Crippen molar-refractivity contribution in [2.24, 2.45) is 0 Å². The third-order valence-electron chi connectivity index (χ3n) is 5.06. The Morgan fingerprint density at radius 2 is 1.00 bits per heavy atom. The molecule has 0 N–H and O–H groups in total. The van der Waals surface area contributed by atoms with Crippen LogP contribution in [0.4, 0.5) is 0 Å². The maximum atomic E-state index is 6.00. The summed E-state index contributed by atoms with van der Waals surface area (Å²) in [7, 11) is 0. The van der Waals surface area contributed by atoms with Gasteiger partial charge in [0.05, 0.1) is 0 Å². The van der Waals surface area contributed by atoms with E-state index < -0.39 is 0 Å². The van der Waals surface area contributed by atoms with Crippen LogP contribution in [0.5, 0.6) is 0 Å². The number of hydrogen-bond donors (Lipinski definition) is 0. The Morgan fingerprint density at radius 1 is 0.583 bits per heavy atom. The quantitative estimate of drug-likeness (QED) is 0.207. The molecule has 0 amide bonds. The lowest BCUT2D eigenvalue weighted by Gasteiger charge is -2.07. The van der Waals surface area contributed by atoms with E-state index >= 15 is 0 Å². The van der Waals surface area contributed by atoms with Crippen molar-refractivity contribution in [3.8, 4) is 0 Å². The molecule has 0 aliphatic carbocycles. The molecular formula is C23H39Cl. The molecule has 1 rings (SSSR count). The maximum absolute atomic E-state index is 6.00. The van der Waals surface area contributed by atoms with E-state index in [1.165, 1.54) is 107 Å². The summed E-state index contributed by atoms with van der Waals surface area (Å²) in [6.45, 7) is 2.29. The molecule has 0 saturated heterocycles. The number of hydrogen-bond acceptors (Lipinski definition) is 0. The van der Waals surface area contributed by atoms with Gasteiger partial charge in [0.2, 0.25) is 0 Å². The van der Waals surface area contributed by atoms with Gasteiger partial charge in [-0.3, -0.25) is 0 Å². The number of unbranched alkanes of at least 4 members (excludes halogenated alkanes) is 13. The molecule has 0 radical (unpaired) electrons. The molecule has 0 spiro atoms. The first kappa shape index (κ1) is 21.6. The van der Waals surface area contributed by atoms with Crippen LogP contribution >= 0.6 is 11.6 Å². The summed E-state index contributed by atoms with van der Waals surface area (Å²) < 4.78 is 0. The standard InChI is InChI=1S/C23H39Cl/c1-2-3-4-5-6-7-8-9-10-11-12-13-14-15-18-22-19-16-17-20-23(22)21-24/h16-17,19-20H,2-15,18,21H2,1H3. The highest BCUT2D eigenvalue weighted by atomic mass is 35.5. The first-order valence-electron chi connectivity index (χ1n) is 10.5. The molecule has 0 saturated carbocycles. The second-order valence-corrected chi connectivity index (χ2v) is 7.52. The molecule has 0 aromatic heterocycles. The summed E-state index contributed by atoms with van der Waals surface area (Å²) in [5, 5.41) is 0. The van der Waals surface area contributed by atoms with E-state index in [1.807, 2.05) is 0 Å². The van der Waals surface area contributed by atoms with E-state index in [0.29, 0.717) is 5.88 Å². The van der Waals surface area contributed by atoms with Gasteiger partial charge in [0, 0.05) is 5.88 Å². The van der Waals surface area contributed by atoms with E-state index in [1.54, 1.807) is 0 Å². The van der Waals surface area contributed by atoms with Gasteiger partial charge in [0.1, 0.15) is 0 Å². The van der Waals surface area contributed by atoms with Crippen molar-refractivity contribution in [2.75, 3.05) is 0 Å². The summed E-state index contributed by atoms with van der Waals surface area (Å²) in [6, 6.07) is 8.62. The van der Waals surface area contributed by atoms with Crippen molar-refractivity contribution in [2.45, 2.75) is 109 Å². The molecule has 1 heteroatoms. The Balaban J connectivity index is 1.84. The van der Waals surface area contributed by atoms with Crippen LogP contribution in [0.15, 0.2) is 24.3 Å². The van der Waals surface area contributed by atoms with Crippen molar-refractivity contribution >= 4 is 11.6 Å². The highest BCUT2D eigenvalue weighted by molar-refractivity contribution is 6.17. The molecule has 0 heterocycles. The normalized spacial score (nSPS) is 11.1. The fraction of sp³-hybridized carbons (Fsp3) is 0.739. The highest BCUT2D eigenvalue weighted by Crippen LogP contribution is 2.16. The van der Waals surface area contributed by atoms with Gasteiger partial charge in [-0.25, -0.2) is 0 Å². The lowest BCUT2D eigenvalue weighted by molar-refractivity contribution is 0.535. The first-order chi connectivity index (χ1) is 11.9. The molecule has 0 fully saturated rings. The summed E-state index contributed by atoms with van der Waals surface area (Å²) in [6.07, 6.45) is 21.1. The van der Waals surface area contributed by atoms with Crippen LogP contribution in [0, 0.1) is 0 Å². The fourth-order valence-corrected chi connectivity index (χ4v) is 3.70. The van der Waals surface area contributed by atoms with Crippen LogP contribution < -0.4 is 0 Å². The number of aryl methyl sites for hydroxylation is 1. The Hall–Kier alpha value is -0.490. The molecule has 0 unspecified atom stereocenters. The van der Waals surface area contributed by atoms with Gasteiger partial charge in [0.25, 0.3) is 0 Å². The maximum Gasteiger partial charge on any atom is 0.0476 e. The molecule has 0 nitrogen and oxygen atoms in total. The van der Waals surface area contributed by atoms with E-state index in [-0.39, 0.29) is 0 Å². The van der Waals surface area contributed by atoms with Gasteiger partial charge in [-0.15, -0.1) is 11.6 Å². The summed E-state index contributed by atoms with van der Waals surface area (Å²) in [4.78, 5) is 0. The smallest absolute Gasteiger partial charge is 0.0476 e. The summed E-state index contributed by atoms with van der Waals surface area (Å²) in [5.74, 6) is 0.648. The zero-order valence-electron chi connectivity index (χ0n) is 16.0. The molecule has 24 heavy (non-hydrogen) atoms. The van der Waals surface area contributed by atoms with Gasteiger partial charge in [-0.2, -0.15) is 0 Å². The molecule has 0 bridgehead atoms. The SMILES string of the molecule is CCCCCCCCCCCCCCCCc1ccccc1CCl. The Morgan fingerprint density at radius 3 is 1.46 bits per heavy atom. The molecule has 1 aromatic carbocycles. The van der Waals surface area contributed by atoms with Gasteiger partial charge < -0.3 is 0 Å². The third-order valence-corrected chi connectivity index (χ3v) is 5.35.